The van der Waals surface area contributed by atoms with E-state index in [-0.39, 0.29) is 131 Å². The quantitative estimate of drug-likeness (QED) is 0.0346. The molecule has 14 nitrogen and oxygen atoms in total. The van der Waals surface area contributed by atoms with Gasteiger partial charge in [-0.2, -0.15) is 0 Å². The number of carboxylic acid groups (broad SMARTS) is 1. The van der Waals surface area contributed by atoms with Crippen molar-refractivity contribution >= 4 is 35.8 Å². The van der Waals surface area contributed by atoms with Crippen molar-refractivity contribution in [2.24, 2.45) is 5.92 Å². The van der Waals surface area contributed by atoms with E-state index in [0.29, 0.717) is 5.56 Å². The summed E-state index contributed by atoms with van der Waals surface area (Å²) in [5, 5.41) is 47.6. The van der Waals surface area contributed by atoms with Crippen LogP contribution < -0.4 is 10.6 Å². The van der Waals surface area contributed by atoms with Crippen LogP contribution in [0.1, 0.15) is 38.2 Å². The molecule has 1 heterocycles. The molecular formula is C28H41N3O11U. The van der Waals surface area contributed by atoms with E-state index in [0.717, 1.165) is 0 Å². The van der Waals surface area contributed by atoms with Gasteiger partial charge in [0.15, 0.2) is 0 Å². The van der Waals surface area contributed by atoms with Gasteiger partial charge in [-0.3, -0.25) is 28.9 Å². The summed E-state index contributed by atoms with van der Waals surface area (Å²) in [5.41, 5.74) is 0.736. The molecule has 1 aromatic carbocycles. The number of likely N-dealkylation sites (tertiary alicyclic amines) is 1. The third kappa shape index (κ3) is 21.4. The van der Waals surface area contributed by atoms with E-state index in [9.17, 15) is 24.3 Å². The molecule has 2 rings (SSSR count). The fourth-order valence-corrected chi connectivity index (χ4v) is 3.22. The Hall–Kier alpha value is -2.98. The third-order valence-electron chi connectivity index (χ3n) is 5.14. The fourth-order valence-electron chi connectivity index (χ4n) is 3.22. The summed E-state index contributed by atoms with van der Waals surface area (Å²) >= 11 is 0. The van der Waals surface area contributed by atoms with E-state index < -0.39 is 18.1 Å². The van der Waals surface area contributed by atoms with Crippen LogP contribution >= 0.6 is 0 Å². The molecule has 238 valence electrons. The van der Waals surface area contributed by atoms with Gasteiger partial charge >= 0.3 is 31.1 Å². The number of amides is 4. The van der Waals surface area contributed by atoms with E-state index in [1.807, 2.05) is 0 Å². The van der Waals surface area contributed by atoms with Gasteiger partial charge in [-0.1, -0.05) is 31.6 Å². The summed E-state index contributed by atoms with van der Waals surface area (Å²) in [6, 6.07) is 4.38. The van der Waals surface area contributed by atoms with Gasteiger partial charge < -0.3 is 54.8 Å². The number of hydrogen-bond acceptors (Lipinski definition) is 10. The normalized spacial score (nSPS) is 14.6. The average molecular weight is 834 g/mol. The van der Waals surface area contributed by atoms with Crippen molar-refractivity contribution in [3.63, 3.8) is 0 Å². The van der Waals surface area contributed by atoms with Gasteiger partial charge in [0.1, 0.15) is 5.75 Å². The number of phenolic OH excluding ortho intramolecular Hbond substituents is 1. The second-order valence-corrected chi connectivity index (χ2v) is 8.66. The first-order valence-corrected chi connectivity index (χ1v) is 12.7. The predicted molar refractivity (Wildman–Crippen MR) is 152 cm³/mol. The number of hydrogen-bond donors (Lipinski definition) is 7. The second-order valence-electron chi connectivity index (χ2n) is 8.66. The summed E-state index contributed by atoms with van der Waals surface area (Å²) in [6.07, 6.45) is 7.19. The van der Waals surface area contributed by atoms with Crippen LogP contribution in [-0.2, 0) is 35.3 Å². The summed E-state index contributed by atoms with van der Waals surface area (Å²) in [6.45, 7) is 8.29. The van der Waals surface area contributed by atoms with E-state index in [2.05, 4.69) is 37.3 Å². The maximum Gasteiger partial charge on any atom is 2.00 e. The van der Waals surface area contributed by atoms with Gasteiger partial charge in [-0.15, -0.1) is 12.8 Å². The number of nitrogens with one attached hydrogen (secondary N) is 2. The summed E-state index contributed by atoms with van der Waals surface area (Å²) < 4.78 is 5.31. The summed E-state index contributed by atoms with van der Waals surface area (Å²) in [5.74, 6) is -1.50. The number of carbonyl (C=O) groups is 5. The molecule has 0 aromatic heterocycles. The van der Waals surface area contributed by atoms with Crippen molar-refractivity contribution in [3.8, 4) is 18.6 Å². The van der Waals surface area contributed by atoms with Gasteiger partial charge in [0.05, 0.1) is 32.1 Å². The number of aromatic hydroxyl groups is 1. The molecule has 4 amide bonds. The van der Waals surface area contributed by atoms with Crippen molar-refractivity contribution in [3.05, 3.63) is 37.6 Å². The number of aliphatic hydroxyl groups is 3. The molecule has 0 saturated carbocycles. The van der Waals surface area contributed by atoms with Crippen molar-refractivity contribution in [2.75, 3.05) is 31.6 Å². The molecule has 0 bridgehead atoms. The van der Waals surface area contributed by atoms with E-state index in [1.165, 1.54) is 23.1 Å². The van der Waals surface area contributed by atoms with E-state index in [1.54, 1.807) is 6.92 Å². The zero-order valence-electron chi connectivity index (χ0n) is 24.1. The Balaban J connectivity index is -0.00000105. The summed E-state index contributed by atoms with van der Waals surface area (Å²) in [4.78, 5) is 56.6. The Kier molecular flexibility index (Phi) is 27.5. The number of aliphatic hydroxyl groups excluding tert-OH is 3. The van der Waals surface area contributed by atoms with Crippen LogP contribution in [0.5, 0.6) is 5.75 Å². The molecule has 15 heteroatoms. The van der Waals surface area contributed by atoms with Gasteiger partial charge in [0.25, 0.3) is 6.47 Å². The van der Waals surface area contributed by atoms with Crippen molar-refractivity contribution in [1.29, 1.82) is 0 Å². The first-order chi connectivity index (χ1) is 19.9. The SMILES string of the molecule is C#C.CC1CC(=O)N(CCOCCC(=O)NCCC(=O)Nc2cc(CO)ccc2O)C1=O.O=CO.[CH2-][C@H](O)C[C@@H]([CH2-])O.[U+2]. The minimum absolute atomic E-state index is 0. The Morgan fingerprint density at radius 3 is 2.19 bits per heavy atom. The molecule has 0 spiro atoms. The molecule has 1 aliphatic rings. The number of phenols is 1. The standard InChI is InChI=1S/C20H27N3O7.C5H10O2.C2H2.CH2O2.U/c1-13-10-19(28)23(20(13)29)7-9-30-8-5-17(26)21-6-4-18(27)22-15-11-14(12-24)2-3-16(15)25;1-4(6)3-5(2)7;1-2;2-1-3;/h2-3,11,13,24-25H,4-10,12H2,1H3,(H,21,26)(H,22,27);4-7H,1-3H2;1-2H;1H,(H,2,3);/q;-2;;;+2/t;4-,5+;;;. The monoisotopic (exact) mass is 833 g/mol. The van der Waals surface area contributed by atoms with Gasteiger partial charge in [-0.05, 0) is 17.7 Å². The number of nitrogens with zero attached hydrogens (tertiary/aromatic N) is 1. The van der Waals surface area contributed by atoms with Crippen LogP contribution in [0.2, 0.25) is 0 Å². The predicted octanol–water partition coefficient (Wildman–Crippen LogP) is -0.152. The van der Waals surface area contributed by atoms with Crippen LogP contribution in [0.3, 0.4) is 0 Å². The Morgan fingerprint density at radius 2 is 1.72 bits per heavy atom. The molecular weight excluding hydrogens is 792 g/mol. The van der Waals surface area contributed by atoms with Crippen molar-refractivity contribution in [1.82, 2.24) is 10.2 Å². The number of benzene rings is 1. The second kappa shape index (κ2) is 26.6. The van der Waals surface area contributed by atoms with Crippen molar-refractivity contribution in [2.45, 2.75) is 51.4 Å². The molecule has 3 atom stereocenters. The third-order valence-corrected chi connectivity index (χ3v) is 5.14. The minimum atomic E-state index is -0.688. The molecule has 0 aliphatic carbocycles. The average Bonchev–Trinajstić information content (AvgIpc) is 3.16. The Labute approximate surface area is 275 Å². The molecule has 1 saturated heterocycles. The molecule has 0 radical (unpaired) electrons. The maximum atomic E-state index is 11.9. The van der Waals surface area contributed by atoms with E-state index in [4.69, 9.17) is 30.0 Å². The van der Waals surface area contributed by atoms with Crippen LogP contribution in [0.15, 0.2) is 18.2 Å². The van der Waals surface area contributed by atoms with Gasteiger partial charge in [0, 0.05) is 31.7 Å². The molecule has 1 aliphatic heterocycles. The van der Waals surface area contributed by atoms with Crippen LogP contribution in [0.4, 0.5) is 5.69 Å². The Morgan fingerprint density at radius 1 is 1.14 bits per heavy atom. The molecule has 43 heavy (non-hydrogen) atoms. The van der Waals surface area contributed by atoms with E-state index >= 15 is 0 Å². The first kappa shape index (κ1) is 44.5. The molecule has 7 N–H and O–H groups in total. The minimum Gasteiger partial charge on any atom is -0.506 e. The topological polar surface area (TPSA) is 223 Å². The number of carbonyl (C=O) groups excluding carboxylic acids is 4. The maximum absolute atomic E-state index is 11.9. The van der Waals surface area contributed by atoms with Crippen LogP contribution in [0.25, 0.3) is 0 Å². The van der Waals surface area contributed by atoms with Crippen molar-refractivity contribution < 1.29 is 85.4 Å². The zero-order chi connectivity index (χ0) is 32.7. The molecule has 1 fully saturated rings. The van der Waals surface area contributed by atoms with Crippen LogP contribution in [-0.4, -0.2) is 99.0 Å². The first-order valence-electron chi connectivity index (χ1n) is 12.7. The largest absolute Gasteiger partial charge is 2.00 e. The van der Waals surface area contributed by atoms with Gasteiger partial charge in [0.2, 0.25) is 23.6 Å². The van der Waals surface area contributed by atoms with Gasteiger partial charge in [-0.25, -0.2) is 0 Å². The summed E-state index contributed by atoms with van der Waals surface area (Å²) in [7, 11) is 0. The smallest absolute Gasteiger partial charge is 0.506 e. The molecule has 1 unspecified atom stereocenters. The fraction of sp³-hybridized carbons (Fsp3) is 0.464. The number of anilines is 1. The number of terminal acetylenes is 1. The van der Waals surface area contributed by atoms with Crippen LogP contribution in [0, 0.1) is 63.7 Å². The molecule has 1 aromatic rings. The Bertz CT molecular complexity index is 997. The number of rotatable bonds is 13. The number of ether oxygens (including phenoxy) is 1. The number of imide groups is 1. The zero-order valence-corrected chi connectivity index (χ0v) is 28.3.